The number of carbonyl (C=O) groups is 4. The van der Waals surface area contributed by atoms with Gasteiger partial charge in [-0.2, -0.15) is 0 Å². The maximum Gasteiger partial charge on any atom is 0.472 e. The van der Waals surface area contributed by atoms with E-state index in [1.54, 1.807) is 0 Å². The quantitative estimate of drug-likeness (QED) is 0.0222. The van der Waals surface area contributed by atoms with Gasteiger partial charge in [-0.1, -0.05) is 369 Å². The van der Waals surface area contributed by atoms with Crippen molar-refractivity contribution in [1.82, 2.24) is 0 Å². The van der Waals surface area contributed by atoms with Crippen molar-refractivity contribution in [2.75, 3.05) is 39.6 Å². The van der Waals surface area contributed by atoms with Gasteiger partial charge in [0.1, 0.15) is 19.3 Å². The smallest absolute Gasteiger partial charge is 0.462 e. The fourth-order valence-electron chi connectivity index (χ4n) is 12.4. The fourth-order valence-corrected chi connectivity index (χ4v) is 13.9. The molecule has 0 aliphatic carbocycles. The Hall–Kier alpha value is -1.94. The highest BCUT2D eigenvalue weighted by Crippen LogP contribution is 2.45. The molecule has 3 N–H and O–H groups in total. The molecule has 0 aliphatic heterocycles. The van der Waals surface area contributed by atoms with Crippen LogP contribution in [0.25, 0.3) is 0 Å². The van der Waals surface area contributed by atoms with E-state index in [0.717, 1.165) is 102 Å². The summed E-state index contributed by atoms with van der Waals surface area (Å²) in [6.07, 6.45) is 60.9. The minimum Gasteiger partial charge on any atom is -0.462 e. The fraction of sp³-hybridized carbons (Fsp3) is 0.950. The van der Waals surface area contributed by atoms with E-state index < -0.39 is 97.5 Å². The topological polar surface area (TPSA) is 237 Å². The second-order valence-corrected chi connectivity index (χ2v) is 32.7. The van der Waals surface area contributed by atoms with Gasteiger partial charge < -0.3 is 33.8 Å². The molecule has 0 aromatic heterocycles. The summed E-state index contributed by atoms with van der Waals surface area (Å²) in [7, 11) is -9.92. The highest BCUT2D eigenvalue weighted by molar-refractivity contribution is 7.47. The highest BCUT2D eigenvalue weighted by atomic mass is 31.2. The van der Waals surface area contributed by atoms with Gasteiger partial charge in [-0.05, 0) is 37.5 Å². The van der Waals surface area contributed by atoms with Gasteiger partial charge in [-0.3, -0.25) is 37.3 Å². The van der Waals surface area contributed by atoms with E-state index in [4.69, 9.17) is 37.0 Å². The second-order valence-electron chi connectivity index (χ2n) is 29.8. The number of esters is 4. The van der Waals surface area contributed by atoms with Gasteiger partial charge in [-0.15, -0.1) is 0 Å². The SMILES string of the molecule is CCCCCCCCCCCCCCCCC(=O)O[C@H](COC(=O)CCCCCCCCCCCCC)COP(=O)(O)OC[C@H](O)COP(=O)(O)OC[C@@H](COC(=O)CCCCCCCCCCCCCCCC(C)C)OC(=O)CCCCCCCCCCCCCCCCCC(C)C. The first kappa shape index (κ1) is 97.1. The third-order valence-electron chi connectivity index (χ3n) is 18.7. The van der Waals surface area contributed by atoms with Crippen molar-refractivity contribution >= 4 is 39.5 Å². The average Bonchev–Trinajstić information content (AvgIpc) is 1.03. The van der Waals surface area contributed by atoms with E-state index in [1.165, 1.54) is 238 Å². The molecule has 0 spiro atoms. The number of hydrogen-bond acceptors (Lipinski definition) is 15. The van der Waals surface area contributed by atoms with Gasteiger partial charge in [0.15, 0.2) is 12.2 Å². The first-order chi connectivity index (χ1) is 47.9. The summed E-state index contributed by atoms with van der Waals surface area (Å²) >= 11 is 0. The van der Waals surface area contributed by atoms with Crippen LogP contribution in [0.3, 0.4) is 0 Å². The molecule has 0 aromatic rings. The Bertz CT molecular complexity index is 1910. The minimum absolute atomic E-state index is 0.108. The molecule has 0 bridgehead atoms. The van der Waals surface area contributed by atoms with Crippen LogP contribution in [0, 0.1) is 11.8 Å². The average molecular weight is 1450 g/mol. The van der Waals surface area contributed by atoms with E-state index in [-0.39, 0.29) is 25.7 Å². The Morgan fingerprint density at radius 3 is 0.687 bits per heavy atom. The second kappa shape index (κ2) is 71.7. The zero-order chi connectivity index (χ0) is 72.8. The van der Waals surface area contributed by atoms with Crippen LogP contribution in [0.15, 0.2) is 0 Å². The van der Waals surface area contributed by atoms with Crippen LogP contribution in [0.2, 0.25) is 0 Å². The van der Waals surface area contributed by atoms with Gasteiger partial charge in [0.05, 0.1) is 26.4 Å². The number of ether oxygens (including phenoxy) is 4. The van der Waals surface area contributed by atoms with Gasteiger partial charge in [0.2, 0.25) is 0 Å². The van der Waals surface area contributed by atoms with Crippen molar-refractivity contribution < 1.29 is 80.2 Å². The summed E-state index contributed by atoms with van der Waals surface area (Å²) in [5, 5.41) is 10.6. The van der Waals surface area contributed by atoms with E-state index in [0.29, 0.717) is 25.7 Å². The number of phosphoric acid groups is 2. The zero-order valence-electron chi connectivity index (χ0n) is 64.8. The first-order valence-corrected chi connectivity index (χ1v) is 44.5. The summed E-state index contributed by atoms with van der Waals surface area (Å²) in [5.74, 6) is -0.513. The molecule has 0 radical (unpaired) electrons. The van der Waals surface area contributed by atoms with Gasteiger partial charge in [0.25, 0.3) is 0 Å². The van der Waals surface area contributed by atoms with E-state index in [1.807, 2.05) is 0 Å². The maximum absolute atomic E-state index is 13.1. The summed E-state index contributed by atoms with van der Waals surface area (Å²) in [6, 6.07) is 0. The van der Waals surface area contributed by atoms with Crippen LogP contribution in [0.1, 0.15) is 420 Å². The predicted octanol–water partition coefficient (Wildman–Crippen LogP) is 23.9. The van der Waals surface area contributed by atoms with Crippen molar-refractivity contribution in [3.05, 3.63) is 0 Å². The number of hydrogen-bond donors (Lipinski definition) is 3. The number of unbranched alkanes of at least 4 members (excludes halogenated alkanes) is 49. The summed E-state index contributed by atoms with van der Waals surface area (Å²) < 4.78 is 68.7. The summed E-state index contributed by atoms with van der Waals surface area (Å²) in [5.41, 5.74) is 0. The van der Waals surface area contributed by atoms with Crippen LogP contribution < -0.4 is 0 Å². The van der Waals surface area contributed by atoms with Gasteiger partial charge >= 0.3 is 39.5 Å². The molecule has 0 fully saturated rings. The lowest BCUT2D eigenvalue weighted by Crippen LogP contribution is -2.30. The van der Waals surface area contributed by atoms with E-state index in [9.17, 15) is 43.2 Å². The molecular formula is C80H156O17P2. The van der Waals surface area contributed by atoms with Crippen molar-refractivity contribution in [3.8, 4) is 0 Å². The van der Waals surface area contributed by atoms with Crippen LogP contribution >= 0.6 is 15.6 Å². The number of carbonyl (C=O) groups excluding carboxylic acids is 4. The van der Waals surface area contributed by atoms with Crippen LogP contribution in [0.5, 0.6) is 0 Å². The number of phosphoric ester groups is 2. The number of aliphatic hydroxyl groups excluding tert-OH is 1. The number of rotatable bonds is 79. The molecule has 17 nitrogen and oxygen atoms in total. The summed E-state index contributed by atoms with van der Waals surface area (Å²) in [6.45, 7) is 9.68. The molecule has 0 aromatic carbocycles. The lowest BCUT2D eigenvalue weighted by Gasteiger charge is -2.21. The van der Waals surface area contributed by atoms with Crippen molar-refractivity contribution in [1.29, 1.82) is 0 Å². The van der Waals surface area contributed by atoms with Crippen LogP contribution in [-0.2, 0) is 65.4 Å². The molecule has 0 heterocycles. The van der Waals surface area contributed by atoms with Crippen molar-refractivity contribution in [2.45, 2.75) is 439 Å². The Balaban J connectivity index is 5.25. The molecule has 0 rings (SSSR count). The van der Waals surface area contributed by atoms with Crippen LogP contribution in [-0.4, -0.2) is 96.7 Å². The molecule has 588 valence electrons. The van der Waals surface area contributed by atoms with Crippen LogP contribution in [0.4, 0.5) is 0 Å². The van der Waals surface area contributed by atoms with E-state index in [2.05, 4.69) is 41.5 Å². The zero-order valence-corrected chi connectivity index (χ0v) is 66.6. The standard InChI is InChI=1S/C80H156O17P2/c1-7-9-11-13-15-17-19-20-27-34-40-46-52-58-64-79(84)96-75(68-90-77(82)62-56-50-44-38-30-18-16-14-12-10-8-2)70-94-98(86,87)92-66-74(81)67-93-99(88,89)95-71-76(69-91-78(83)63-57-51-45-39-33-29-24-26-32-37-43-49-55-61-73(5)6)97-80(85)65-59-53-47-41-35-28-23-21-22-25-31-36-42-48-54-60-72(3)4/h72-76,81H,7-71H2,1-6H3,(H,86,87)(H,88,89)/t74-,75+,76+/m0/s1. The lowest BCUT2D eigenvalue weighted by molar-refractivity contribution is -0.161. The lowest BCUT2D eigenvalue weighted by atomic mass is 10.0. The minimum atomic E-state index is -4.96. The maximum atomic E-state index is 13.1. The molecule has 0 aliphatic rings. The largest absolute Gasteiger partial charge is 0.472 e. The summed E-state index contributed by atoms with van der Waals surface area (Å²) in [4.78, 5) is 73.0. The monoisotopic (exact) mass is 1450 g/mol. The predicted molar refractivity (Wildman–Crippen MR) is 405 cm³/mol. The Morgan fingerprint density at radius 2 is 0.465 bits per heavy atom. The molecule has 0 saturated heterocycles. The van der Waals surface area contributed by atoms with E-state index >= 15 is 0 Å². The molecule has 0 amide bonds. The highest BCUT2D eigenvalue weighted by Gasteiger charge is 2.30. The van der Waals surface area contributed by atoms with Gasteiger partial charge in [0, 0.05) is 25.7 Å². The third-order valence-corrected chi connectivity index (χ3v) is 20.6. The van der Waals surface area contributed by atoms with Gasteiger partial charge in [-0.25, -0.2) is 9.13 Å². The molecule has 99 heavy (non-hydrogen) atoms. The normalized spacial score (nSPS) is 13.9. The third kappa shape index (κ3) is 74.1. The van der Waals surface area contributed by atoms with Crippen molar-refractivity contribution in [2.24, 2.45) is 11.8 Å². The molecule has 2 unspecified atom stereocenters. The molecular weight excluding hydrogens is 1290 g/mol. The Morgan fingerprint density at radius 1 is 0.273 bits per heavy atom. The molecule has 19 heteroatoms. The van der Waals surface area contributed by atoms with Crippen molar-refractivity contribution in [3.63, 3.8) is 0 Å². The number of aliphatic hydroxyl groups is 1. The molecule has 0 saturated carbocycles. The first-order valence-electron chi connectivity index (χ1n) is 41.5. The Kier molecular flexibility index (Phi) is 70.3. The molecule has 5 atom stereocenters. The Labute approximate surface area is 607 Å².